The summed E-state index contributed by atoms with van der Waals surface area (Å²) < 4.78 is 17.5. The fourth-order valence-electron chi connectivity index (χ4n) is 3.55. The van der Waals surface area contributed by atoms with Crippen molar-refractivity contribution in [2.75, 3.05) is 13.2 Å². The summed E-state index contributed by atoms with van der Waals surface area (Å²) in [5, 5.41) is 14.0. The normalized spacial score (nSPS) is 23.3. The maximum atomic E-state index is 12.3. The number of carbonyl (C=O) groups is 1. The molecule has 2 rings (SSSR count). The van der Waals surface area contributed by atoms with Crippen molar-refractivity contribution in [3.63, 3.8) is 0 Å². The lowest BCUT2D eigenvalue weighted by Crippen LogP contribution is -2.49. The standard InChI is InChI=1S/C21H37NO5/c1-9-14-16(21(14)25-11-20(7,8)12-26-21)17(23)15(10-13(2)3)22-18(24)27-19(4,5)6/h13,15,17,23H,9-12H2,1-8H3,(H,22,24)/t15-,17?/m0/s1. The van der Waals surface area contributed by atoms with Crippen LogP contribution in [0.15, 0.2) is 11.1 Å². The number of aliphatic hydroxyl groups excluding tert-OH is 1. The first-order chi connectivity index (χ1) is 12.3. The van der Waals surface area contributed by atoms with Crippen LogP contribution in [0, 0.1) is 11.3 Å². The van der Waals surface area contributed by atoms with Gasteiger partial charge in [-0.25, -0.2) is 4.79 Å². The van der Waals surface area contributed by atoms with Crippen LogP contribution in [0.5, 0.6) is 0 Å². The van der Waals surface area contributed by atoms with Crippen LogP contribution < -0.4 is 5.32 Å². The zero-order valence-electron chi connectivity index (χ0n) is 18.1. The van der Waals surface area contributed by atoms with Gasteiger partial charge in [0, 0.05) is 16.6 Å². The van der Waals surface area contributed by atoms with Gasteiger partial charge in [-0.15, -0.1) is 0 Å². The lowest BCUT2D eigenvalue weighted by atomic mass is 9.94. The molecule has 0 aromatic heterocycles. The molecule has 0 radical (unpaired) electrons. The summed E-state index contributed by atoms with van der Waals surface area (Å²) in [6, 6.07) is -0.460. The quantitative estimate of drug-likeness (QED) is 0.683. The lowest BCUT2D eigenvalue weighted by molar-refractivity contribution is -0.237. The number of rotatable bonds is 6. The second-order valence-electron chi connectivity index (χ2n) is 9.93. The Morgan fingerprint density at radius 2 is 1.81 bits per heavy atom. The first-order valence-corrected chi connectivity index (χ1v) is 10.0. The number of ether oxygens (including phenoxy) is 3. The number of hydrogen-bond acceptors (Lipinski definition) is 5. The van der Waals surface area contributed by atoms with E-state index in [2.05, 4.69) is 33.0 Å². The summed E-state index contributed by atoms with van der Waals surface area (Å²) in [4.78, 5) is 12.3. The van der Waals surface area contributed by atoms with Crippen molar-refractivity contribution in [2.45, 2.75) is 91.8 Å². The van der Waals surface area contributed by atoms with Crippen molar-refractivity contribution < 1.29 is 24.1 Å². The molecule has 1 amide bonds. The van der Waals surface area contributed by atoms with Gasteiger partial charge in [0.2, 0.25) is 5.79 Å². The molecule has 1 aliphatic heterocycles. The third-order valence-electron chi connectivity index (χ3n) is 4.80. The van der Waals surface area contributed by atoms with Crippen LogP contribution in [-0.2, 0) is 14.2 Å². The van der Waals surface area contributed by atoms with Gasteiger partial charge in [-0.2, -0.15) is 0 Å². The van der Waals surface area contributed by atoms with Crippen molar-refractivity contribution in [2.24, 2.45) is 11.3 Å². The molecule has 1 spiro atoms. The summed E-state index contributed by atoms with van der Waals surface area (Å²) in [6.45, 7) is 16.9. The second-order valence-corrected chi connectivity index (χ2v) is 9.93. The Balaban J connectivity index is 2.13. The molecule has 2 atom stereocenters. The van der Waals surface area contributed by atoms with Gasteiger partial charge in [-0.05, 0) is 39.5 Å². The summed E-state index contributed by atoms with van der Waals surface area (Å²) in [5.41, 5.74) is 1.12. The third kappa shape index (κ3) is 5.24. The smallest absolute Gasteiger partial charge is 0.407 e. The largest absolute Gasteiger partial charge is 0.444 e. The van der Waals surface area contributed by atoms with Gasteiger partial charge in [0.15, 0.2) is 0 Å². The van der Waals surface area contributed by atoms with E-state index >= 15 is 0 Å². The van der Waals surface area contributed by atoms with Crippen LogP contribution >= 0.6 is 0 Å². The van der Waals surface area contributed by atoms with E-state index < -0.39 is 29.6 Å². The topological polar surface area (TPSA) is 77.0 Å². The highest BCUT2D eigenvalue weighted by Gasteiger charge is 2.61. The molecule has 0 saturated carbocycles. The third-order valence-corrected chi connectivity index (χ3v) is 4.80. The van der Waals surface area contributed by atoms with Crippen LogP contribution in [0.1, 0.15) is 68.2 Å². The Morgan fingerprint density at radius 1 is 1.26 bits per heavy atom. The van der Waals surface area contributed by atoms with Crippen LogP contribution in [0.25, 0.3) is 0 Å². The van der Waals surface area contributed by atoms with E-state index in [9.17, 15) is 9.90 Å². The van der Waals surface area contributed by atoms with E-state index in [1.807, 2.05) is 27.7 Å². The summed E-state index contributed by atoms with van der Waals surface area (Å²) in [7, 11) is 0. The summed E-state index contributed by atoms with van der Waals surface area (Å²) in [6.07, 6.45) is -0.0147. The molecule has 1 fully saturated rings. The molecular formula is C21H37NO5. The van der Waals surface area contributed by atoms with Crippen molar-refractivity contribution in [3.8, 4) is 0 Å². The average Bonchev–Trinajstić information content (AvgIpc) is 3.14. The van der Waals surface area contributed by atoms with E-state index in [1.54, 1.807) is 0 Å². The maximum Gasteiger partial charge on any atom is 0.407 e. The fourth-order valence-corrected chi connectivity index (χ4v) is 3.55. The number of hydrogen-bond donors (Lipinski definition) is 2. The van der Waals surface area contributed by atoms with Crippen LogP contribution in [-0.4, -0.2) is 47.9 Å². The number of carbonyl (C=O) groups excluding carboxylic acids is 1. The SMILES string of the molecule is CCC1=C(C(O)[C@H](CC(C)C)NC(=O)OC(C)(C)C)C12OCC(C)(C)CO2. The average molecular weight is 384 g/mol. The number of aliphatic hydroxyl groups is 1. The Labute approximate surface area is 163 Å². The number of alkyl carbamates (subject to hydrolysis) is 1. The molecule has 0 bridgehead atoms. The minimum Gasteiger partial charge on any atom is -0.444 e. The molecule has 2 aliphatic rings. The molecule has 6 heteroatoms. The highest BCUT2D eigenvalue weighted by molar-refractivity contribution is 5.68. The van der Waals surface area contributed by atoms with Crippen LogP contribution in [0.4, 0.5) is 4.79 Å². The van der Waals surface area contributed by atoms with Gasteiger partial charge in [0.25, 0.3) is 0 Å². The Bertz CT molecular complexity index is 578. The highest BCUT2D eigenvalue weighted by Crippen LogP contribution is 2.55. The molecule has 0 aromatic rings. The fraction of sp³-hybridized carbons (Fsp3) is 0.857. The minimum atomic E-state index is -0.880. The van der Waals surface area contributed by atoms with Crippen molar-refractivity contribution in [3.05, 3.63) is 11.1 Å². The minimum absolute atomic E-state index is 0.0468. The van der Waals surface area contributed by atoms with Gasteiger partial charge in [0.05, 0.1) is 19.3 Å². The monoisotopic (exact) mass is 383 g/mol. The molecule has 0 aromatic carbocycles. The second kappa shape index (κ2) is 7.72. The first-order valence-electron chi connectivity index (χ1n) is 10.0. The molecule has 27 heavy (non-hydrogen) atoms. The summed E-state index contributed by atoms with van der Waals surface area (Å²) in [5.74, 6) is -0.582. The predicted octanol–water partition coefficient (Wildman–Crippen LogP) is 3.78. The molecular weight excluding hydrogens is 346 g/mol. The van der Waals surface area contributed by atoms with Gasteiger partial charge in [0.1, 0.15) is 11.7 Å². The van der Waals surface area contributed by atoms with E-state index in [-0.39, 0.29) is 5.41 Å². The van der Waals surface area contributed by atoms with Gasteiger partial charge in [-0.3, -0.25) is 0 Å². The van der Waals surface area contributed by atoms with Crippen LogP contribution in [0.2, 0.25) is 0 Å². The molecule has 2 N–H and O–H groups in total. The lowest BCUT2D eigenvalue weighted by Gasteiger charge is -2.38. The van der Waals surface area contributed by atoms with E-state index in [1.165, 1.54) is 0 Å². The predicted molar refractivity (Wildman–Crippen MR) is 104 cm³/mol. The number of nitrogens with one attached hydrogen (secondary N) is 1. The van der Waals surface area contributed by atoms with E-state index in [0.717, 1.165) is 17.6 Å². The first kappa shape index (κ1) is 22.2. The van der Waals surface area contributed by atoms with Gasteiger partial charge in [-0.1, -0.05) is 34.6 Å². The Hall–Kier alpha value is -1.11. The molecule has 1 saturated heterocycles. The molecule has 156 valence electrons. The molecule has 1 unspecified atom stereocenters. The van der Waals surface area contributed by atoms with Crippen LogP contribution in [0.3, 0.4) is 0 Å². The zero-order chi connectivity index (χ0) is 20.6. The van der Waals surface area contributed by atoms with Gasteiger partial charge < -0.3 is 24.6 Å². The van der Waals surface area contributed by atoms with Crippen molar-refractivity contribution in [1.29, 1.82) is 0 Å². The van der Waals surface area contributed by atoms with Gasteiger partial charge >= 0.3 is 6.09 Å². The van der Waals surface area contributed by atoms with E-state index in [4.69, 9.17) is 14.2 Å². The summed E-state index contributed by atoms with van der Waals surface area (Å²) >= 11 is 0. The van der Waals surface area contributed by atoms with Crippen molar-refractivity contribution >= 4 is 6.09 Å². The number of amides is 1. The molecule has 6 nitrogen and oxygen atoms in total. The van der Waals surface area contributed by atoms with E-state index in [0.29, 0.717) is 25.6 Å². The zero-order valence-corrected chi connectivity index (χ0v) is 18.1. The molecule has 1 heterocycles. The Morgan fingerprint density at radius 3 is 2.26 bits per heavy atom. The highest BCUT2D eigenvalue weighted by atomic mass is 16.7. The van der Waals surface area contributed by atoms with Crippen molar-refractivity contribution in [1.82, 2.24) is 5.32 Å². The Kier molecular flexibility index (Phi) is 6.34. The maximum absolute atomic E-state index is 12.3. The molecule has 1 aliphatic carbocycles.